The number of rotatable bonds is 6. The zero-order chi connectivity index (χ0) is 11.3. The van der Waals surface area contributed by atoms with E-state index in [2.05, 4.69) is 50.2 Å². The largest absolute Gasteiger partial charge is 0.312 e. The molecule has 4 heteroatoms. The fourth-order valence-corrected chi connectivity index (χ4v) is 3.80. The Hall–Kier alpha value is 0.620. The van der Waals surface area contributed by atoms with Crippen molar-refractivity contribution in [3.8, 4) is 0 Å². The van der Waals surface area contributed by atoms with Crippen LogP contribution >= 0.6 is 43.2 Å². The standard InChI is InChI=1S/C11H17Br2NS/c1-3-4-5-6-9(14-2)10-7-8(12)11(13)15-10/h7,9,14H,3-6H2,1-2H3. The summed E-state index contributed by atoms with van der Waals surface area (Å²) < 4.78 is 2.35. The molecule has 1 aromatic rings. The average Bonchev–Trinajstić information content (AvgIpc) is 2.54. The maximum atomic E-state index is 3.54. The minimum Gasteiger partial charge on any atom is -0.312 e. The van der Waals surface area contributed by atoms with Crippen molar-refractivity contribution in [1.82, 2.24) is 5.32 Å². The lowest BCUT2D eigenvalue weighted by atomic mass is 10.1. The van der Waals surface area contributed by atoms with E-state index in [0.717, 1.165) is 0 Å². The lowest BCUT2D eigenvalue weighted by Gasteiger charge is -2.13. The van der Waals surface area contributed by atoms with Crippen molar-refractivity contribution in [1.29, 1.82) is 0 Å². The molecule has 0 saturated heterocycles. The Morgan fingerprint density at radius 2 is 2.13 bits per heavy atom. The second-order valence-electron chi connectivity index (χ2n) is 3.61. The second kappa shape index (κ2) is 7.05. The first kappa shape index (κ1) is 13.7. The van der Waals surface area contributed by atoms with E-state index in [0.29, 0.717) is 6.04 Å². The van der Waals surface area contributed by atoms with Gasteiger partial charge in [0.05, 0.1) is 3.79 Å². The van der Waals surface area contributed by atoms with Gasteiger partial charge in [-0.2, -0.15) is 0 Å². The van der Waals surface area contributed by atoms with Gasteiger partial charge in [0.2, 0.25) is 0 Å². The van der Waals surface area contributed by atoms with E-state index in [1.807, 2.05) is 18.4 Å². The van der Waals surface area contributed by atoms with Gasteiger partial charge in [-0.15, -0.1) is 11.3 Å². The van der Waals surface area contributed by atoms with Gasteiger partial charge in [-0.05, 0) is 51.4 Å². The van der Waals surface area contributed by atoms with Gasteiger partial charge >= 0.3 is 0 Å². The van der Waals surface area contributed by atoms with Crippen LogP contribution in [0.25, 0.3) is 0 Å². The van der Waals surface area contributed by atoms with Crippen molar-refractivity contribution >= 4 is 43.2 Å². The van der Waals surface area contributed by atoms with Gasteiger partial charge in [-0.25, -0.2) is 0 Å². The molecule has 1 aromatic heterocycles. The normalized spacial score (nSPS) is 13.1. The molecule has 0 bridgehead atoms. The fourth-order valence-electron chi connectivity index (χ4n) is 1.56. The number of unbranched alkanes of at least 4 members (excludes halogenated alkanes) is 2. The molecule has 1 heterocycles. The lowest BCUT2D eigenvalue weighted by Crippen LogP contribution is -2.14. The SMILES string of the molecule is CCCCCC(NC)c1cc(Br)c(Br)s1. The predicted molar refractivity (Wildman–Crippen MR) is 75.7 cm³/mol. The first-order valence-corrected chi connectivity index (χ1v) is 7.71. The number of thiophene rings is 1. The Bertz CT molecular complexity index is 279. The van der Waals surface area contributed by atoms with Gasteiger partial charge in [0.1, 0.15) is 0 Å². The monoisotopic (exact) mass is 353 g/mol. The molecule has 86 valence electrons. The predicted octanol–water partition coefficient (Wildman–Crippen LogP) is 5.11. The van der Waals surface area contributed by atoms with Gasteiger partial charge in [0.25, 0.3) is 0 Å². The molecule has 1 nitrogen and oxygen atoms in total. The number of halogens is 2. The van der Waals surface area contributed by atoms with Crippen LogP contribution in [0.5, 0.6) is 0 Å². The summed E-state index contributed by atoms with van der Waals surface area (Å²) in [4.78, 5) is 1.41. The van der Waals surface area contributed by atoms with E-state index >= 15 is 0 Å². The maximum Gasteiger partial charge on any atom is 0.0843 e. The summed E-state index contributed by atoms with van der Waals surface area (Å²) >= 11 is 8.88. The highest BCUT2D eigenvalue weighted by Gasteiger charge is 2.13. The molecule has 0 fully saturated rings. The van der Waals surface area contributed by atoms with Crippen LogP contribution in [-0.2, 0) is 0 Å². The molecule has 0 aliphatic rings. The molecule has 1 unspecified atom stereocenters. The molecule has 0 amide bonds. The molecule has 0 spiro atoms. The molecule has 0 aliphatic carbocycles. The van der Waals surface area contributed by atoms with Crippen LogP contribution in [0, 0.1) is 0 Å². The van der Waals surface area contributed by atoms with E-state index in [1.54, 1.807) is 0 Å². The van der Waals surface area contributed by atoms with E-state index in [1.165, 1.54) is 38.8 Å². The lowest BCUT2D eigenvalue weighted by molar-refractivity contribution is 0.518. The van der Waals surface area contributed by atoms with Crippen molar-refractivity contribution in [2.24, 2.45) is 0 Å². The van der Waals surface area contributed by atoms with Gasteiger partial charge in [0.15, 0.2) is 0 Å². The van der Waals surface area contributed by atoms with Crippen LogP contribution in [0.1, 0.15) is 43.5 Å². The minimum absolute atomic E-state index is 0.504. The average molecular weight is 355 g/mol. The van der Waals surface area contributed by atoms with E-state index in [-0.39, 0.29) is 0 Å². The van der Waals surface area contributed by atoms with Gasteiger partial charge in [0, 0.05) is 15.4 Å². The summed E-state index contributed by atoms with van der Waals surface area (Å²) in [5.41, 5.74) is 0. The third-order valence-electron chi connectivity index (χ3n) is 2.45. The van der Waals surface area contributed by atoms with Gasteiger partial charge in [-0.3, -0.25) is 0 Å². The van der Waals surface area contributed by atoms with Crippen molar-refractivity contribution in [3.63, 3.8) is 0 Å². The molecule has 0 aliphatic heterocycles. The van der Waals surface area contributed by atoms with Crippen molar-refractivity contribution < 1.29 is 0 Å². The topological polar surface area (TPSA) is 12.0 Å². The van der Waals surface area contributed by atoms with Gasteiger partial charge < -0.3 is 5.32 Å². The summed E-state index contributed by atoms with van der Waals surface area (Å²) in [6.45, 7) is 2.24. The Morgan fingerprint density at radius 1 is 1.40 bits per heavy atom. The number of hydrogen-bond donors (Lipinski definition) is 1. The molecule has 1 atom stereocenters. The Kier molecular flexibility index (Phi) is 6.43. The van der Waals surface area contributed by atoms with Gasteiger partial charge in [-0.1, -0.05) is 26.2 Å². The van der Waals surface area contributed by atoms with Crippen LogP contribution in [0.2, 0.25) is 0 Å². The van der Waals surface area contributed by atoms with Crippen LogP contribution in [0.15, 0.2) is 14.3 Å². The summed E-state index contributed by atoms with van der Waals surface area (Å²) in [5.74, 6) is 0. The molecule has 1 rings (SSSR count). The smallest absolute Gasteiger partial charge is 0.0843 e. The summed E-state index contributed by atoms with van der Waals surface area (Å²) in [5, 5.41) is 3.39. The van der Waals surface area contributed by atoms with Crippen molar-refractivity contribution in [2.45, 2.75) is 38.6 Å². The van der Waals surface area contributed by atoms with Crippen LogP contribution < -0.4 is 5.32 Å². The quantitative estimate of drug-likeness (QED) is 0.699. The molecule has 15 heavy (non-hydrogen) atoms. The number of hydrogen-bond acceptors (Lipinski definition) is 2. The molecule has 1 N–H and O–H groups in total. The first-order valence-electron chi connectivity index (χ1n) is 5.31. The molecule has 0 saturated carbocycles. The van der Waals surface area contributed by atoms with Crippen LogP contribution in [0.3, 0.4) is 0 Å². The Labute approximate surface area is 113 Å². The van der Waals surface area contributed by atoms with Crippen LogP contribution in [-0.4, -0.2) is 7.05 Å². The maximum absolute atomic E-state index is 3.54. The molecule has 0 radical (unpaired) electrons. The zero-order valence-corrected chi connectivity index (χ0v) is 13.1. The summed E-state index contributed by atoms with van der Waals surface area (Å²) in [6.07, 6.45) is 5.14. The minimum atomic E-state index is 0.504. The number of nitrogens with one attached hydrogen (secondary N) is 1. The van der Waals surface area contributed by atoms with Crippen LogP contribution in [0.4, 0.5) is 0 Å². The molecular formula is C11H17Br2NS. The van der Waals surface area contributed by atoms with Crippen molar-refractivity contribution in [3.05, 3.63) is 19.2 Å². The summed E-state index contributed by atoms with van der Waals surface area (Å²) in [6, 6.07) is 2.71. The second-order valence-corrected chi connectivity index (χ2v) is 6.86. The third-order valence-corrected chi connectivity index (χ3v) is 5.82. The third kappa shape index (κ3) is 4.17. The first-order chi connectivity index (χ1) is 7.19. The molecular weight excluding hydrogens is 338 g/mol. The highest BCUT2D eigenvalue weighted by molar-refractivity contribution is 9.13. The van der Waals surface area contributed by atoms with E-state index < -0.39 is 0 Å². The summed E-state index contributed by atoms with van der Waals surface area (Å²) in [7, 11) is 2.04. The van der Waals surface area contributed by atoms with E-state index in [9.17, 15) is 0 Å². The Morgan fingerprint density at radius 3 is 2.60 bits per heavy atom. The van der Waals surface area contributed by atoms with Crippen molar-refractivity contribution in [2.75, 3.05) is 7.05 Å². The van der Waals surface area contributed by atoms with E-state index in [4.69, 9.17) is 0 Å². The highest BCUT2D eigenvalue weighted by Crippen LogP contribution is 2.36. The Balaban J connectivity index is 2.57. The molecule has 0 aromatic carbocycles. The zero-order valence-electron chi connectivity index (χ0n) is 9.15. The highest BCUT2D eigenvalue weighted by atomic mass is 79.9. The fraction of sp³-hybridized carbons (Fsp3) is 0.636.